The van der Waals surface area contributed by atoms with Crippen molar-refractivity contribution in [3.05, 3.63) is 70.2 Å². The summed E-state index contributed by atoms with van der Waals surface area (Å²) in [6.07, 6.45) is 0.0969. The molecule has 3 aromatic rings. The summed E-state index contributed by atoms with van der Waals surface area (Å²) in [6.45, 7) is 1.61. The van der Waals surface area contributed by atoms with Crippen molar-refractivity contribution in [2.24, 2.45) is 0 Å². The number of anilines is 1. The molecule has 4 amide bonds. The molecule has 0 aliphatic carbocycles. The zero-order valence-corrected chi connectivity index (χ0v) is 17.4. The smallest absolute Gasteiger partial charge is 0.322 e. The highest BCUT2D eigenvalue weighted by Gasteiger charge is 2.43. The van der Waals surface area contributed by atoms with E-state index in [2.05, 4.69) is 20.9 Å². The molecule has 1 atom stereocenters. The summed E-state index contributed by atoms with van der Waals surface area (Å²) in [6, 6.07) is 13.7. The molecule has 2 heterocycles. The Labute approximate surface area is 181 Å². The molecule has 1 saturated heterocycles. The number of nitrogens with one attached hydrogen (secondary N) is 3. The second-order valence-corrected chi connectivity index (χ2v) is 8.23. The summed E-state index contributed by atoms with van der Waals surface area (Å²) in [7, 11) is 0. The third-order valence-corrected chi connectivity index (χ3v) is 6.02. The zero-order valence-electron chi connectivity index (χ0n) is 15.9. The predicted molar refractivity (Wildman–Crippen MR) is 115 cm³/mol. The Morgan fingerprint density at radius 3 is 2.73 bits per heavy atom. The van der Waals surface area contributed by atoms with Crippen molar-refractivity contribution in [3.8, 4) is 10.6 Å². The summed E-state index contributed by atoms with van der Waals surface area (Å²) in [5, 5.41) is 10.8. The maximum Gasteiger partial charge on any atom is 0.322 e. The molecule has 3 N–H and O–H groups in total. The molecule has 1 aromatic heterocycles. The number of halogens is 1. The average Bonchev–Trinajstić information content (AvgIpc) is 3.26. The van der Waals surface area contributed by atoms with E-state index in [0.29, 0.717) is 22.0 Å². The van der Waals surface area contributed by atoms with Gasteiger partial charge in [-0.2, -0.15) is 0 Å². The first kappa shape index (κ1) is 20.1. The molecule has 1 aliphatic heterocycles. The second kappa shape index (κ2) is 7.89. The summed E-state index contributed by atoms with van der Waals surface area (Å²) < 4.78 is 0. The minimum Gasteiger partial charge on any atom is -0.326 e. The second-order valence-electron chi connectivity index (χ2n) is 6.96. The normalized spacial score (nSPS) is 18.1. The molecule has 9 heteroatoms. The number of imide groups is 1. The molecule has 1 aliphatic rings. The third-order valence-electron chi connectivity index (χ3n) is 4.77. The van der Waals surface area contributed by atoms with Crippen LogP contribution in [0.4, 0.5) is 10.5 Å². The first-order chi connectivity index (χ1) is 14.3. The number of rotatable bonds is 5. The molecule has 0 bridgehead atoms. The molecular weight excluding hydrogens is 424 g/mol. The van der Waals surface area contributed by atoms with Crippen LogP contribution in [0.5, 0.6) is 0 Å². The lowest BCUT2D eigenvalue weighted by Gasteiger charge is -2.21. The third kappa shape index (κ3) is 3.92. The molecule has 0 spiro atoms. The van der Waals surface area contributed by atoms with Crippen molar-refractivity contribution in [2.45, 2.75) is 18.9 Å². The molecule has 1 unspecified atom stereocenters. The Hall–Kier alpha value is -3.23. The molecule has 0 radical (unpaired) electrons. The maximum atomic E-state index is 12.5. The molecule has 4 rings (SSSR count). The SMILES string of the molecule is CC1(c2cccc(NC(=O)Cc3csc(-c4ccccc4Cl)n3)c2)NC(=O)NC1=O. The van der Waals surface area contributed by atoms with Crippen LogP contribution in [-0.2, 0) is 21.5 Å². The topological polar surface area (TPSA) is 100 Å². The summed E-state index contributed by atoms with van der Waals surface area (Å²) in [5.41, 5.74) is 1.37. The molecule has 1 fully saturated rings. The van der Waals surface area contributed by atoms with Gasteiger partial charge in [0.2, 0.25) is 5.91 Å². The number of benzene rings is 2. The van der Waals surface area contributed by atoms with E-state index in [9.17, 15) is 14.4 Å². The van der Waals surface area contributed by atoms with Gasteiger partial charge in [-0.15, -0.1) is 11.3 Å². The van der Waals surface area contributed by atoms with Crippen molar-refractivity contribution in [3.63, 3.8) is 0 Å². The number of thiazole rings is 1. The standard InChI is InChI=1S/C21H17ClN4O3S/c1-21(19(28)25-20(29)26-21)12-5-4-6-13(9-12)23-17(27)10-14-11-30-18(24-14)15-7-2-3-8-16(15)22/h2-9,11H,10H2,1H3,(H,23,27)(H2,25,26,28,29). The largest absolute Gasteiger partial charge is 0.326 e. The summed E-state index contributed by atoms with van der Waals surface area (Å²) in [5.74, 6) is -0.682. The van der Waals surface area contributed by atoms with Gasteiger partial charge in [-0.3, -0.25) is 14.9 Å². The Balaban J connectivity index is 1.46. The maximum absolute atomic E-state index is 12.5. The number of carbonyl (C=O) groups is 3. The van der Waals surface area contributed by atoms with Gasteiger partial charge in [0.1, 0.15) is 10.5 Å². The van der Waals surface area contributed by atoms with E-state index >= 15 is 0 Å². The Morgan fingerprint density at radius 2 is 2.00 bits per heavy atom. The van der Waals surface area contributed by atoms with Crippen LogP contribution in [0.15, 0.2) is 53.9 Å². The van der Waals surface area contributed by atoms with Crippen LogP contribution in [0.25, 0.3) is 10.6 Å². The average molecular weight is 441 g/mol. The number of aromatic nitrogens is 1. The molecule has 2 aromatic carbocycles. The van der Waals surface area contributed by atoms with Crippen molar-refractivity contribution < 1.29 is 14.4 Å². The van der Waals surface area contributed by atoms with Gasteiger partial charge in [0.15, 0.2) is 0 Å². The quantitative estimate of drug-likeness (QED) is 0.526. The molecule has 7 nitrogen and oxygen atoms in total. The lowest BCUT2D eigenvalue weighted by molar-refractivity contribution is -0.123. The fourth-order valence-corrected chi connectivity index (χ4v) is 4.31. The molecule has 30 heavy (non-hydrogen) atoms. The van der Waals surface area contributed by atoms with E-state index in [-0.39, 0.29) is 12.3 Å². The van der Waals surface area contributed by atoms with E-state index in [0.717, 1.165) is 10.6 Å². The lowest BCUT2D eigenvalue weighted by atomic mass is 9.92. The predicted octanol–water partition coefficient (Wildman–Crippen LogP) is 3.70. The van der Waals surface area contributed by atoms with Crippen LogP contribution < -0.4 is 16.0 Å². The first-order valence-corrected chi connectivity index (χ1v) is 10.3. The van der Waals surface area contributed by atoms with E-state index < -0.39 is 17.5 Å². The van der Waals surface area contributed by atoms with Gasteiger partial charge in [-0.1, -0.05) is 41.9 Å². The number of hydrogen-bond donors (Lipinski definition) is 3. The Bertz CT molecular complexity index is 1160. The van der Waals surface area contributed by atoms with Crippen molar-refractivity contribution >= 4 is 46.5 Å². The number of urea groups is 1. The minimum absolute atomic E-state index is 0.0969. The number of hydrogen-bond acceptors (Lipinski definition) is 5. The summed E-state index contributed by atoms with van der Waals surface area (Å²) in [4.78, 5) is 40.6. The minimum atomic E-state index is -1.18. The van der Waals surface area contributed by atoms with E-state index in [4.69, 9.17) is 11.6 Å². The summed E-state index contributed by atoms with van der Waals surface area (Å²) >= 11 is 7.64. The fourth-order valence-electron chi connectivity index (χ4n) is 3.17. The van der Waals surface area contributed by atoms with Crippen LogP contribution in [0.3, 0.4) is 0 Å². The van der Waals surface area contributed by atoms with E-state index in [1.54, 1.807) is 37.3 Å². The highest BCUT2D eigenvalue weighted by Crippen LogP contribution is 2.30. The van der Waals surface area contributed by atoms with Crippen LogP contribution in [-0.4, -0.2) is 22.8 Å². The monoisotopic (exact) mass is 440 g/mol. The van der Waals surface area contributed by atoms with Gasteiger partial charge in [-0.25, -0.2) is 9.78 Å². The van der Waals surface area contributed by atoms with Crippen LogP contribution in [0.2, 0.25) is 5.02 Å². The Kier molecular flexibility index (Phi) is 5.27. The molecular formula is C21H17ClN4O3S. The number of carbonyl (C=O) groups excluding carboxylic acids is 3. The number of nitrogens with zero attached hydrogens (tertiary/aromatic N) is 1. The molecule has 152 valence electrons. The van der Waals surface area contributed by atoms with E-state index in [1.165, 1.54) is 11.3 Å². The van der Waals surface area contributed by atoms with Crippen LogP contribution >= 0.6 is 22.9 Å². The van der Waals surface area contributed by atoms with Crippen LogP contribution in [0.1, 0.15) is 18.2 Å². The Morgan fingerprint density at radius 1 is 1.20 bits per heavy atom. The van der Waals surface area contributed by atoms with Gasteiger partial charge < -0.3 is 10.6 Å². The van der Waals surface area contributed by atoms with Crippen molar-refractivity contribution in [1.29, 1.82) is 0 Å². The zero-order chi connectivity index (χ0) is 21.3. The van der Waals surface area contributed by atoms with Gasteiger partial charge in [0.05, 0.1) is 17.1 Å². The molecule has 0 saturated carbocycles. The van der Waals surface area contributed by atoms with Crippen molar-refractivity contribution in [2.75, 3.05) is 5.32 Å². The van der Waals surface area contributed by atoms with Gasteiger partial charge in [0, 0.05) is 16.6 Å². The lowest BCUT2D eigenvalue weighted by Crippen LogP contribution is -2.40. The van der Waals surface area contributed by atoms with E-state index in [1.807, 2.05) is 23.6 Å². The van der Waals surface area contributed by atoms with Gasteiger partial charge in [0.25, 0.3) is 5.91 Å². The highest BCUT2D eigenvalue weighted by atomic mass is 35.5. The highest BCUT2D eigenvalue weighted by molar-refractivity contribution is 7.13. The van der Waals surface area contributed by atoms with Gasteiger partial charge in [-0.05, 0) is 30.7 Å². The number of amides is 4. The first-order valence-electron chi connectivity index (χ1n) is 9.08. The van der Waals surface area contributed by atoms with Gasteiger partial charge >= 0.3 is 6.03 Å². The fraction of sp³-hybridized carbons (Fsp3) is 0.143. The van der Waals surface area contributed by atoms with Crippen molar-refractivity contribution in [1.82, 2.24) is 15.6 Å². The van der Waals surface area contributed by atoms with Crippen LogP contribution in [0, 0.1) is 0 Å².